The molecule has 0 fully saturated rings. The van der Waals surface area contributed by atoms with Crippen molar-refractivity contribution in [3.63, 3.8) is 0 Å². The van der Waals surface area contributed by atoms with Crippen molar-refractivity contribution in [3.8, 4) is 0 Å². The quantitative estimate of drug-likeness (QED) is 0.457. The molecular weight excluding hydrogens is 351 g/mol. The minimum absolute atomic E-state index is 0.0611. The highest BCUT2D eigenvalue weighted by molar-refractivity contribution is 7.99. The molecule has 0 aliphatic rings. The number of aromatic nitrogens is 2. The van der Waals surface area contributed by atoms with Gasteiger partial charge in [0.2, 0.25) is 5.91 Å². The third-order valence-electron chi connectivity index (χ3n) is 3.09. The molecule has 1 heterocycles. The number of carbonyl (C=O) groups is 1. The molecule has 128 valence electrons. The summed E-state index contributed by atoms with van der Waals surface area (Å²) in [6, 6.07) is 7.70. The molecule has 0 aliphatic heterocycles. The van der Waals surface area contributed by atoms with Gasteiger partial charge >= 0.3 is 0 Å². The van der Waals surface area contributed by atoms with Crippen LogP contribution < -0.4 is 10.2 Å². The molecule has 2 aromatic rings. The molecule has 0 atom stereocenters. The zero-order valence-electron chi connectivity index (χ0n) is 13.4. The van der Waals surface area contributed by atoms with Crippen molar-refractivity contribution in [3.05, 3.63) is 41.3 Å². The molecule has 0 unspecified atom stereocenters. The second kappa shape index (κ2) is 8.84. The van der Waals surface area contributed by atoms with Gasteiger partial charge in [0.05, 0.1) is 11.4 Å². The van der Waals surface area contributed by atoms with Crippen LogP contribution in [0.2, 0.25) is 5.15 Å². The lowest BCUT2D eigenvalue weighted by Gasteiger charge is -2.17. The first-order valence-corrected chi connectivity index (χ1v) is 8.79. The number of para-hydroxylation sites is 1. The van der Waals surface area contributed by atoms with Gasteiger partial charge in [-0.3, -0.25) is 4.79 Å². The van der Waals surface area contributed by atoms with Crippen molar-refractivity contribution in [1.29, 1.82) is 0 Å². The van der Waals surface area contributed by atoms with Gasteiger partial charge in [0, 0.05) is 19.7 Å². The van der Waals surface area contributed by atoms with E-state index in [2.05, 4.69) is 22.2 Å². The summed E-state index contributed by atoms with van der Waals surface area (Å²) in [5, 5.41) is 3.25. The number of nitrogens with one attached hydrogen (secondary N) is 1. The first-order valence-electron chi connectivity index (χ1n) is 7.42. The van der Waals surface area contributed by atoms with Crippen molar-refractivity contribution in [2.24, 2.45) is 0 Å². The van der Waals surface area contributed by atoms with E-state index in [9.17, 15) is 9.18 Å². The summed E-state index contributed by atoms with van der Waals surface area (Å²) in [5.41, 5.74) is 0.151. The van der Waals surface area contributed by atoms with Crippen molar-refractivity contribution < 1.29 is 9.18 Å². The van der Waals surface area contributed by atoms with E-state index in [1.165, 1.54) is 12.1 Å². The third-order valence-corrected chi connectivity index (χ3v) is 4.13. The standard InChI is InChI=1S/C16H18ClFN4OS/c1-3-8-22(2)14-9-13(17)20-16(21-14)24-10-15(23)19-12-7-5-4-6-11(12)18/h4-7,9H,3,8,10H2,1-2H3,(H,19,23). The first kappa shape index (κ1) is 18.5. The van der Waals surface area contributed by atoms with E-state index in [0.29, 0.717) is 16.1 Å². The molecule has 5 nitrogen and oxygen atoms in total. The average Bonchev–Trinajstić information content (AvgIpc) is 2.55. The van der Waals surface area contributed by atoms with Gasteiger partial charge in [0.25, 0.3) is 0 Å². The maximum absolute atomic E-state index is 13.5. The largest absolute Gasteiger partial charge is 0.360 e. The van der Waals surface area contributed by atoms with Crippen LogP contribution in [0.15, 0.2) is 35.5 Å². The normalized spacial score (nSPS) is 10.5. The van der Waals surface area contributed by atoms with E-state index in [0.717, 1.165) is 24.7 Å². The van der Waals surface area contributed by atoms with Crippen molar-refractivity contribution >= 4 is 40.8 Å². The van der Waals surface area contributed by atoms with Crippen molar-refractivity contribution in [2.75, 3.05) is 29.6 Å². The van der Waals surface area contributed by atoms with E-state index < -0.39 is 5.82 Å². The van der Waals surface area contributed by atoms with Gasteiger partial charge in [0.15, 0.2) is 5.16 Å². The maximum Gasteiger partial charge on any atom is 0.234 e. The van der Waals surface area contributed by atoms with Crippen LogP contribution in [0, 0.1) is 5.82 Å². The number of nitrogens with zero attached hydrogens (tertiary/aromatic N) is 3. The third kappa shape index (κ3) is 5.35. The molecule has 0 bridgehead atoms. The Labute approximate surface area is 149 Å². The fourth-order valence-electron chi connectivity index (χ4n) is 1.97. The van der Waals surface area contributed by atoms with Crippen molar-refractivity contribution in [2.45, 2.75) is 18.5 Å². The van der Waals surface area contributed by atoms with E-state index in [1.54, 1.807) is 18.2 Å². The van der Waals surface area contributed by atoms with Crippen LogP contribution in [0.5, 0.6) is 0 Å². The summed E-state index contributed by atoms with van der Waals surface area (Å²) in [6.07, 6.45) is 0.978. The Morgan fingerprint density at radius 1 is 1.38 bits per heavy atom. The van der Waals surface area contributed by atoms with Crippen LogP contribution in [0.3, 0.4) is 0 Å². The second-order valence-electron chi connectivity index (χ2n) is 5.07. The number of anilines is 2. The molecule has 0 spiro atoms. The Morgan fingerprint density at radius 3 is 2.83 bits per heavy atom. The van der Waals surface area contributed by atoms with Gasteiger partial charge < -0.3 is 10.2 Å². The van der Waals surface area contributed by atoms with Gasteiger partial charge in [-0.25, -0.2) is 14.4 Å². The summed E-state index contributed by atoms with van der Waals surface area (Å²) >= 11 is 7.17. The Kier molecular flexibility index (Phi) is 6.81. The lowest BCUT2D eigenvalue weighted by molar-refractivity contribution is -0.113. The van der Waals surface area contributed by atoms with Gasteiger partial charge in [-0.05, 0) is 18.6 Å². The minimum atomic E-state index is -0.474. The number of carbonyl (C=O) groups excluding carboxylic acids is 1. The SMILES string of the molecule is CCCN(C)c1cc(Cl)nc(SCC(=O)Nc2ccccc2F)n1. The van der Waals surface area contributed by atoms with E-state index in [1.807, 2.05) is 11.9 Å². The number of rotatable bonds is 7. The maximum atomic E-state index is 13.5. The van der Waals surface area contributed by atoms with Gasteiger partial charge in [-0.15, -0.1) is 0 Å². The van der Waals surface area contributed by atoms with Crippen LogP contribution in [-0.2, 0) is 4.79 Å². The number of hydrogen-bond donors (Lipinski definition) is 1. The number of thioether (sulfide) groups is 1. The van der Waals surface area contributed by atoms with Crippen molar-refractivity contribution in [1.82, 2.24) is 9.97 Å². The highest BCUT2D eigenvalue weighted by Gasteiger charge is 2.11. The smallest absolute Gasteiger partial charge is 0.234 e. The molecule has 2 rings (SSSR count). The predicted molar refractivity (Wildman–Crippen MR) is 96.4 cm³/mol. The van der Waals surface area contributed by atoms with Gasteiger partial charge in [0.1, 0.15) is 16.8 Å². The Bertz CT molecular complexity index is 716. The molecule has 0 saturated heterocycles. The number of halogens is 2. The molecule has 1 N–H and O–H groups in total. The van der Waals surface area contributed by atoms with E-state index in [-0.39, 0.29) is 17.3 Å². The fourth-order valence-corrected chi connectivity index (χ4v) is 2.86. The molecular formula is C16H18ClFN4OS. The number of benzene rings is 1. The highest BCUT2D eigenvalue weighted by Crippen LogP contribution is 2.22. The van der Waals surface area contributed by atoms with E-state index >= 15 is 0 Å². The highest BCUT2D eigenvalue weighted by atomic mass is 35.5. The molecule has 0 saturated carbocycles. The Hall–Kier alpha value is -1.86. The lowest BCUT2D eigenvalue weighted by atomic mass is 10.3. The van der Waals surface area contributed by atoms with Gasteiger partial charge in [-0.1, -0.05) is 42.4 Å². The van der Waals surface area contributed by atoms with Crippen LogP contribution >= 0.6 is 23.4 Å². The summed E-state index contributed by atoms with van der Waals surface area (Å²) in [5.74, 6) is -0.0460. The molecule has 0 radical (unpaired) electrons. The Morgan fingerprint density at radius 2 is 2.12 bits per heavy atom. The van der Waals surface area contributed by atoms with Crippen LogP contribution in [0.4, 0.5) is 15.9 Å². The fraction of sp³-hybridized carbons (Fsp3) is 0.312. The predicted octanol–water partition coefficient (Wildman–Crippen LogP) is 3.85. The van der Waals surface area contributed by atoms with Gasteiger partial charge in [-0.2, -0.15) is 0 Å². The molecule has 1 aromatic heterocycles. The van der Waals surface area contributed by atoms with Crippen LogP contribution in [0.1, 0.15) is 13.3 Å². The lowest BCUT2D eigenvalue weighted by Crippen LogP contribution is -2.19. The molecule has 1 amide bonds. The topological polar surface area (TPSA) is 58.1 Å². The second-order valence-corrected chi connectivity index (χ2v) is 6.40. The van der Waals surface area contributed by atoms with Crippen LogP contribution in [0.25, 0.3) is 0 Å². The molecule has 0 aliphatic carbocycles. The minimum Gasteiger partial charge on any atom is -0.360 e. The zero-order chi connectivity index (χ0) is 17.5. The number of hydrogen-bond acceptors (Lipinski definition) is 5. The summed E-state index contributed by atoms with van der Waals surface area (Å²) in [4.78, 5) is 22.4. The van der Waals surface area contributed by atoms with E-state index in [4.69, 9.17) is 11.6 Å². The summed E-state index contributed by atoms with van der Waals surface area (Å²) < 4.78 is 13.5. The summed E-state index contributed by atoms with van der Waals surface area (Å²) in [6.45, 7) is 2.91. The Balaban J connectivity index is 1.98. The van der Waals surface area contributed by atoms with Crippen LogP contribution in [-0.4, -0.2) is 35.2 Å². The number of amides is 1. The first-order chi connectivity index (χ1) is 11.5. The molecule has 8 heteroatoms. The summed E-state index contributed by atoms with van der Waals surface area (Å²) in [7, 11) is 1.92. The molecule has 1 aromatic carbocycles. The average molecular weight is 369 g/mol. The molecule has 24 heavy (non-hydrogen) atoms. The zero-order valence-corrected chi connectivity index (χ0v) is 15.0. The monoisotopic (exact) mass is 368 g/mol.